The van der Waals surface area contributed by atoms with E-state index in [-0.39, 0.29) is 76.6 Å². The van der Waals surface area contributed by atoms with Crippen molar-refractivity contribution in [3.05, 3.63) is 57.6 Å². The van der Waals surface area contributed by atoms with E-state index in [1.165, 1.54) is 36.8 Å². The third-order valence-electron chi connectivity index (χ3n) is 12.1. The maximum absolute atomic E-state index is 13.8. The summed E-state index contributed by atoms with van der Waals surface area (Å²) in [6, 6.07) is 8.77. The molecule has 0 radical (unpaired) electrons. The summed E-state index contributed by atoms with van der Waals surface area (Å²) in [4.78, 5) is 4.86. The molecule has 0 aliphatic carbocycles. The van der Waals surface area contributed by atoms with Crippen molar-refractivity contribution in [1.29, 1.82) is 0 Å². The quantitative estimate of drug-likeness (QED) is 0.123. The third kappa shape index (κ3) is 45.1. The zero-order valence-electron chi connectivity index (χ0n) is 52.8. The molecular weight excluding hydrogens is 996 g/mol. The van der Waals surface area contributed by atoms with Gasteiger partial charge in [-0.3, -0.25) is 9.80 Å². The molecule has 430 valence electrons. The summed E-state index contributed by atoms with van der Waals surface area (Å²) >= 11 is 0. The van der Waals surface area contributed by atoms with Crippen LogP contribution in [0.1, 0.15) is 265 Å². The van der Waals surface area contributed by atoms with Gasteiger partial charge >= 0.3 is 43.4 Å². The van der Waals surface area contributed by atoms with Gasteiger partial charge in [-0.15, -0.1) is 48.1 Å². The normalized spacial score (nSPS) is 12.9. The number of rotatable bonds is 15. The first-order valence-corrected chi connectivity index (χ1v) is 27.8. The molecule has 10 nitrogen and oxygen atoms in total. The first-order chi connectivity index (χ1) is 32.7. The molecule has 0 saturated carbocycles. The fraction of sp³-hybridized carbons (Fsp3) is 0.806. The van der Waals surface area contributed by atoms with Crippen LogP contribution in [0.4, 0.5) is 0 Å². The molecule has 1 aliphatic heterocycles. The molecule has 2 aromatic rings. The first kappa shape index (κ1) is 87.0. The van der Waals surface area contributed by atoms with Gasteiger partial charge in [-0.05, 0) is 80.7 Å². The van der Waals surface area contributed by atoms with E-state index in [1.807, 2.05) is 0 Å². The molecule has 1 aliphatic rings. The second kappa shape index (κ2) is 46.0. The summed E-state index contributed by atoms with van der Waals surface area (Å²) in [5, 5.41) is 84.7. The molecule has 0 spiro atoms. The minimum Gasteiger partial charge on any atom is -0.872 e. The molecule has 74 heavy (non-hydrogen) atoms. The number of piperazine rings is 1. The Kier molecular flexibility index (Phi) is 54.0. The van der Waals surface area contributed by atoms with Crippen LogP contribution in [-0.2, 0) is 78.2 Å². The van der Waals surface area contributed by atoms with Gasteiger partial charge in [-0.1, -0.05) is 230 Å². The molecule has 0 amide bonds. The SMILES string of the molecule is CC(C)[O-].CC(C)[O-].CC(C)[O-].CC(C)[O-].CC(C)[O-].CC(C)[O-].CCC(C)(C)c1cc(CN2CCN(Cc3cc(C(C)(C)CC)cc(C(C)(C)CC)c3[O-])CC2)c([O-])c(C(C)(C)CC)c1.CCCCCC.[Ti+4].[Ti+4]. The van der Waals surface area contributed by atoms with Gasteiger partial charge < -0.3 is 40.9 Å². The predicted octanol–water partition coefficient (Wildman–Crippen LogP) is 9.01. The molecule has 1 heterocycles. The Labute approximate surface area is 489 Å². The third-order valence-corrected chi connectivity index (χ3v) is 12.1. The molecule has 1 saturated heterocycles. The van der Waals surface area contributed by atoms with Crippen LogP contribution in [-0.4, -0.2) is 72.6 Å². The Morgan fingerprint density at radius 2 is 0.568 bits per heavy atom. The van der Waals surface area contributed by atoms with E-state index in [0.717, 1.165) is 74.1 Å². The van der Waals surface area contributed by atoms with E-state index < -0.39 is 36.6 Å². The Morgan fingerprint density at radius 3 is 0.730 bits per heavy atom. The molecule has 12 heteroatoms. The molecule has 1 fully saturated rings. The second-order valence-electron chi connectivity index (χ2n) is 23.5. The summed E-state index contributed by atoms with van der Waals surface area (Å²) in [6.07, 6.45) is 6.97. The molecule has 2 aromatic carbocycles. The summed E-state index contributed by atoms with van der Waals surface area (Å²) in [6.45, 7) is 55.5. The standard InChI is InChI=1S/C38H62N2O2.C6H14.6C3H7O.2Ti/c1-13-35(5,6)29-21-27(33(41)31(23-29)37(9,10)15-3)25-39-17-19-40(20-18-39)26-28-22-30(36(7,8)14-2)24-32(34(28)42)38(11,12)16-4;1-3-5-6-4-2;6*1-3(2)4;;/h21-24,41-42H,13-20,25-26H2,1-12H3;3-6H2,1-2H3;6*3H,1-2H3;;/q;;6*-1;2*+4/p-2. The van der Waals surface area contributed by atoms with Crippen molar-refractivity contribution >= 4 is 0 Å². The van der Waals surface area contributed by atoms with Gasteiger partial charge in [-0.2, -0.15) is 0 Å². The van der Waals surface area contributed by atoms with E-state index in [1.54, 1.807) is 83.1 Å². The van der Waals surface area contributed by atoms with Crippen LogP contribution in [0.3, 0.4) is 0 Å². The molecule has 0 unspecified atom stereocenters. The van der Waals surface area contributed by atoms with Crippen LogP contribution >= 0.6 is 0 Å². The van der Waals surface area contributed by atoms with Crippen molar-refractivity contribution in [2.75, 3.05) is 26.2 Å². The van der Waals surface area contributed by atoms with Crippen LogP contribution < -0.4 is 40.9 Å². The van der Waals surface area contributed by atoms with E-state index in [0.29, 0.717) is 13.1 Å². The van der Waals surface area contributed by atoms with Crippen LogP contribution in [0.5, 0.6) is 11.5 Å². The molecule has 0 atom stereocenters. The molecule has 0 bridgehead atoms. The van der Waals surface area contributed by atoms with Gasteiger partial charge in [0.05, 0.1) is 0 Å². The fourth-order valence-electron chi connectivity index (χ4n) is 6.28. The minimum atomic E-state index is -0.417. The number of benzene rings is 2. The Bertz CT molecular complexity index is 1440. The molecule has 0 aromatic heterocycles. The number of hydrogen-bond acceptors (Lipinski definition) is 10. The molecule has 3 rings (SSSR count). The zero-order valence-corrected chi connectivity index (χ0v) is 56.0. The van der Waals surface area contributed by atoms with Crippen molar-refractivity contribution in [2.45, 2.75) is 303 Å². The second-order valence-corrected chi connectivity index (χ2v) is 23.5. The van der Waals surface area contributed by atoms with Gasteiger partial charge in [0.15, 0.2) is 0 Å². The largest absolute Gasteiger partial charge is 4.00 e. The van der Waals surface area contributed by atoms with Crippen molar-refractivity contribution in [2.24, 2.45) is 0 Å². The number of nitrogens with zero attached hydrogens (tertiary/aromatic N) is 2. The summed E-state index contributed by atoms with van der Waals surface area (Å²) in [5.41, 5.74) is 6.10. The Morgan fingerprint density at radius 1 is 0.378 bits per heavy atom. The minimum absolute atomic E-state index is 0. The zero-order chi connectivity index (χ0) is 58.0. The Hall–Kier alpha value is -0.851. The van der Waals surface area contributed by atoms with Gasteiger partial charge in [0.25, 0.3) is 0 Å². The number of unbranched alkanes of at least 4 members (excludes halogenated alkanes) is 3. The van der Waals surface area contributed by atoms with Crippen molar-refractivity contribution in [3.8, 4) is 11.5 Å². The van der Waals surface area contributed by atoms with E-state index in [9.17, 15) is 40.9 Å². The topological polar surface area (TPSA) is 191 Å². The smallest absolute Gasteiger partial charge is 0.872 e. The van der Waals surface area contributed by atoms with Crippen molar-refractivity contribution in [3.63, 3.8) is 0 Å². The van der Waals surface area contributed by atoms with Gasteiger partial charge in [0.2, 0.25) is 0 Å². The average molecular weight is 1110 g/mol. The van der Waals surface area contributed by atoms with Crippen molar-refractivity contribution < 1.29 is 84.3 Å². The van der Waals surface area contributed by atoms with Crippen molar-refractivity contribution in [1.82, 2.24) is 9.80 Å². The van der Waals surface area contributed by atoms with Crippen LogP contribution in [0.15, 0.2) is 24.3 Å². The van der Waals surface area contributed by atoms with E-state index in [4.69, 9.17) is 0 Å². The van der Waals surface area contributed by atoms with Crippen LogP contribution in [0.25, 0.3) is 0 Å². The first-order valence-electron chi connectivity index (χ1n) is 27.8. The van der Waals surface area contributed by atoms with E-state index >= 15 is 0 Å². The average Bonchev–Trinajstić information content (AvgIpc) is 3.23. The predicted molar refractivity (Wildman–Crippen MR) is 296 cm³/mol. The monoisotopic (exact) mass is 1110 g/mol. The maximum atomic E-state index is 13.8. The van der Waals surface area contributed by atoms with Gasteiger partial charge in [-0.25, -0.2) is 0 Å². The Balaban J connectivity index is -0.000000229. The van der Waals surface area contributed by atoms with Gasteiger partial charge in [0, 0.05) is 39.3 Å². The summed E-state index contributed by atoms with van der Waals surface area (Å²) in [7, 11) is 0. The number of hydrogen-bond donors (Lipinski definition) is 0. The van der Waals surface area contributed by atoms with Gasteiger partial charge in [0.1, 0.15) is 0 Å². The van der Waals surface area contributed by atoms with E-state index in [2.05, 4.69) is 131 Å². The van der Waals surface area contributed by atoms with Crippen LogP contribution in [0.2, 0.25) is 0 Å². The van der Waals surface area contributed by atoms with Crippen LogP contribution in [0, 0.1) is 0 Å². The maximum Gasteiger partial charge on any atom is 4.00 e. The molecular formula is C62H116N2O8Ti2. The summed E-state index contributed by atoms with van der Waals surface area (Å²) in [5.74, 6) is 0.440. The fourth-order valence-corrected chi connectivity index (χ4v) is 6.28. The molecule has 0 N–H and O–H groups in total. The summed E-state index contributed by atoms with van der Waals surface area (Å²) < 4.78 is 0.